The van der Waals surface area contributed by atoms with Gasteiger partial charge in [-0.15, -0.1) is 0 Å². The third-order valence-electron chi connectivity index (χ3n) is 2.97. The predicted octanol–water partition coefficient (Wildman–Crippen LogP) is 4.04. The molecular weight excluding hydrogens is 259 g/mol. The Morgan fingerprint density at radius 2 is 1.63 bits per heavy atom. The second kappa shape index (κ2) is 5.87. The van der Waals surface area contributed by atoms with E-state index < -0.39 is 7.60 Å². The van der Waals surface area contributed by atoms with Gasteiger partial charge in [-0.25, -0.2) is 0 Å². The molecule has 19 heavy (non-hydrogen) atoms. The van der Waals surface area contributed by atoms with E-state index in [1.165, 1.54) is 0 Å². The van der Waals surface area contributed by atoms with Gasteiger partial charge in [0.25, 0.3) is 0 Å². The van der Waals surface area contributed by atoms with Crippen molar-refractivity contribution < 1.29 is 13.6 Å². The molecule has 0 N–H and O–H groups in total. The summed E-state index contributed by atoms with van der Waals surface area (Å²) in [5.74, 6) is 0. The smallest absolute Gasteiger partial charge is 0.305 e. The third kappa shape index (κ3) is 2.74. The molecule has 0 unspecified atom stereocenters. The largest absolute Gasteiger partial charge is 0.362 e. The Morgan fingerprint density at radius 3 is 2.26 bits per heavy atom. The van der Waals surface area contributed by atoms with E-state index in [4.69, 9.17) is 9.05 Å². The number of aryl methyl sites for hydroxylation is 1. The normalized spacial score (nSPS) is 11.9. The van der Waals surface area contributed by atoms with Crippen LogP contribution in [0.2, 0.25) is 0 Å². The summed E-state index contributed by atoms with van der Waals surface area (Å²) in [4.78, 5) is 0. The first kappa shape index (κ1) is 14.3. The van der Waals surface area contributed by atoms with Crippen LogP contribution in [0.5, 0.6) is 0 Å². The zero-order valence-corrected chi connectivity index (χ0v) is 12.4. The first-order valence-electron chi connectivity index (χ1n) is 6.50. The van der Waals surface area contributed by atoms with Crippen LogP contribution in [0.1, 0.15) is 19.4 Å². The Labute approximate surface area is 114 Å². The minimum absolute atomic E-state index is 0.361. The van der Waals surface area contributed by atoms with Crippen molar-refractivity contribution in [2.45, 2.75) is 20.8 Å². The van der Waals surface area contributed by atoms with Crippen LogP contribution in [0, 0.1) is 6.92 Å². The molecule has 0 heterocycles. The predicted molar refractivity (Wildman–Crippen MR) is 79.2 cm³/mol. The molecule has 0 bridgehead atoms. The Bertz CT molecular complexity index is 612. The molecule has 102 valence electrons. The number of benzene rings is 2. The minimum atomic E-state index is -3.25. The molecule has 0 fully saturated rings. The maximum absolute atomic E-state index is 13.0. The maximum Gasteiger partial charge on any atom is 0.362 e. The lowest BCUT2D eigenvalue weighted by Gasteiger charge is -2.20. The van der Waals surface area contributed by atoms with Crippen molar-refractivity contribution in [1.29, 1.82) is 0 Å². The van der Waals surface area contributed by atoms with Crippen molar-refractivity contribution >= 4 is 23.7 Å². The average Bonchev–Trinajstić information content (AvgIpc) is 2.39. The molecule has 2 aromatic rings. The van der Waals surface area contributed by atoms with Crippen molar-refractivity contribution in [1.82, 2.24) is 0 Å². The monoisotopic (exact) mass is 278 g/mol. The molecule has 2 rings (SSSR count). The SMILES string of the molecule is CCOP(=O)(OCC)c1c(C)ccc2ccccc12. The van der Waals surface area contributed by atoms with E-state index >= 15 is 0 Å². The quantitative estimate of drug-likeness (QED) is 0.774. The summed E-state index contributed by atoms with van der Waals surface area (Å²) in [6.07, 6.45) is 0. The molecule has 0 saturated heterocycles. The van der Waals surface area contributed by atoms with Gasteiger partial charge in [-0.1, -0.05) is 36.4 Å². The molecule has 0 radical (unpaired) electrons. The van der Waals surface area contributed by atoms with Crippen LogP contribution in [-0.4, -0.2) is 13.2 Å². The summed E-state index contributed by atoms with van der Waals surface area (Å²) in [6, 6.07) is 11.9. The van der Waals surface area contributed by atoms with Gasteiger partial charge in [-0.3, -0.25) is 4.57 Å². The highest BCUT2D eigenvalue weighted by Gasteiger charge is 2.30. The van der Waals surface area contributed by atoms with Crippen LogP contribution in [0.4, 0.5) is 0 Å². The highest BCUT2D eigenvalue weighted by atomic mass is 31.2. The van der Waals surface area contributed by atoms with Crippen molar-refractivity contribution in [2.24, 2.45) is 0 Å². The lowest BCUT2D eigenvalue weighted by molar-refractivity contribution is 0.230. The van der Waals surface area contributed by atoms with E-state index in [2.05, 4.69) is 0 Å². The summed E-state index contributed by atoms with van der Waals surface area (Å²) in [7, 11) is -3.25. The van der Waals surface area contributed by atoms with Crippen LogP contribution >= 0.6 is 7.60 Å². The number of hydrogen-bond acceptors (Lipinski definition) is 3. The molecule has 3 nitrogen and oxygen atoms in total. The molecule has 0 aliphatic rings. The molecule has 2 aromatic carbocycles. The Balaban J connectivity index is 2.71. The van der Waals surface area contributed by atoms with E-state index in [9.17, 15) is 4.57 Å². The Hall–Kier alpha value is -1.15. The first-order chi connectivity index (χ1) is 9.12. The molecule has 0 spiro atoms. The van der Waals surface area contributed by atoms with Crippen molar-refractivity contribution in [3.05, 3.63) is 42.0 Å². The standard InChI is InChI=1S/C15H19O3P/c1-4-17-19(16,18-5-2)15-12(3)10-11-13-8-6-7-9-14(13)15/h6-11H,4-5H2,1-3H3. The number of rotatable bonds is 5. The van der Waals surface area contributed by atoms with E-state index in [-0.39, 0.29) is 0 Å². The lowest BCUT2D eigenvalue weighted by atomic mass is 10.1. The lowest BCUT2D eigenvalue weighted by Crippen LogP contribution is -2.15. The summed E-state index contributed by atoms with van der Waals surface area (Å²) >= 11 is 0. The van der Waals surface area contributed by atoms with Gasteiger partial charge in [-0.2, -0.15) is 0 Å². The zero-order chi connectivity index (χ0) is 13.9. The Morgan fingerprint density at radius 1 is 1.00 bits per heavy atom. The highest BCUT2D eigenvalue weighted by Crippen LogP contribution is 2.49. The molecule has 0 aromatic heterocycles. The second-order valence-corrected chi connectivity index (χ2v) is 6.24. The van der Waals surface area contributed by atoms with Crippen molar-refractivity contribution in [2.75, 3.05) is 13.2 Å². The van der Waals surface area contributed by atoms with Gasteiger partial charge in [0.1, 0.15) is 0 Å². The highest BCUT2D eigenvalue weighted by molar-refractivity contribution is 7.62. The van der Waals surface area contributed by atoms with Gasteiger partial charge in [-0.05, 0) is 37.1 Å². The minimum Gasteiger partial charge on any atom is -0.305 e. The van der Waals surface area contributed by atoms with Gasteiger partial charge in [0.2, 0.25) is 0 Å². The summed E-state index contributed by atoms with van der Waals surface area (Å²) < 4.78 is 24.0. The van der Waals surface area contributed by atoms with Gasteiger partial charge < -0.3 is 9.05 Å². The third-order valence-corrected chi connectivity index (χ3v) is 5.31. The topological polar surface area (TPSA) is 35.5 Å². The fraction of sp³-hybridized carbons (Fsp3) is 0.333. The Kier molecular flexibility index (Phi) is 4.41. The molecule has 0 aliphatic carbocycles. The van der Waals surface area contributed by atoms with Crippen LogP contribution in [0.25, 0.3) is 10.8 Å². The van der Waals surface area contributed by atoms with Crippen molar-refractivity contribution in [3.8, 4) is 0 Å². The van der Waals surface area contributed by atoms with E-state index in [0.29, 0.717) is 18.5 Å². The van der Waals surface area contributed by atoms with E-state index in [0.717, 1.165) is 16.3 Å². The van der Waals surface area contributed by atoms with Crippen LogP contribution in [0.15, 0.2) is 36.4 Å². The number of hydrogen-bond donors (Lipinski definition) is 0. The summed E-state index contributed by atoms with van der Waals surface area (Å²) in [5, 5.41) is 2.67. The molecule has 4 heteroatoms. The summed E-state index contributed by atoms with van der Waals surface area (Å²) in [5.41, 5.74) is 0.934. The zero-order valence-electron chi connectivity index (χ0n) is 11.6. The summed E-state index contributed by atoms with van der Waals surface area (Å²) in [6.45, 7) is 6.31. The van der Waals surface area contributed by atoms with Crippen LogP contribution in [-0.2, 0) is 13.6 Å². The van der Waals surface area contributed by atoms with Gasteiger partial charge >= 0.3 is 7.60 Å². The number of fused-ring (bicyclic) bond motifs is 1. The average molecular weight is 278 g/mol. The van der Waals surface area contributed by atoms with Gasteiger partial charge in [0, 0.05) is 0 Å². The first-order valence-corrected chi connectivity index (χ1v) is 8.04. The van der Waals surface area contributed by atoms with Crippen molar-refractivity contribution in [3.63, 3.8) is 0 Å². The fourth-order valence-electron chi connectivity index (χ4n) is 2.23. The van der Waals surface area contributed by atoms with Gasteiger partial charge in [0.05, 0.1) is 18.5 Å². The molecule has 0 atom stereocenters. The van der Waals surface area contributed by atoms with Crippen LogP contribution < -0.4 is 5.30 Å². The van der Waals surface area contributed by atoms with E-state index in [1.54, 1.807) is 0 Å². The van der Waals surface area contributed by atoms with Crippen LogP contribution in [0.3, 0.4) is 0 Å². The maximum atomic E-state index is 13.0. The molecule has 0 aliphatic heterocycles. The molecule has 0 amide bonds. The molecular formula is C15H19O3P. The molecule has 0 saturated carbocycles. The second-order valence-electron chi connectivity index (χ2n) is 4.29. The van der Waals surface area contributed by atoms with Gasteiger partial charge in [0.15, 0.2) is 0 Å². The van der Waals surface area contributed by atoms with E-state index in [1.807, 2.05) is 57.2 Å². The fourth-order valence-corrected chi connectivity index (χ4v) is 4.25.